The quantitative estimate of drug-likeness (QED) is 0.845. The number of benzene rings is 1. The molecular formula is C14H20O2. The van der Waals surface area contributed by atoms with Gasteiger partial charge >= 0.3 is 0 Å². The van der Waals surface area contributed by atoms with Crippen molar-refractivity contribution in [3.63, 3.8) is 0 Å². The van der Waals surface area contributed by atoms with E-state index in [1.807, 2.05) is 12.1 Å². The van der Waals surface area contributed by atoms with E-state index in [0.29, 0.717) is 5.92 Å². The van der Waals surface area contributed by atoms with Crippen molar-refractivity contribution in [3.05, 3.63) is 29.8 Å². The minimum Gasteiger partial charge on any atom is -0.497 e. The number of hydrogen-bond donors (Lipinski definition) is 1. The maximum absolute atomic E-state index is 9.56. The largest absolute Gasteiger partial charge is 0.497 e. The summed E-state index contributed by atoms with van der Waals surface area (Å²) in [6, 6.07) is 8.11. The van der Waals surface area contributed by atoms with Gasteiger partial charge in [-0.1, -0.05) is 25.0 Å². The van der Waals surface area contributed by atoms with Gasteiger partial charge in [0.15, 0.2) is 0 Å². The molecule has 1 aromatic rings. The summed E-state index contributed by atoms with van der Waals surface area (Å²) < 4.78 is 5.23. The molecule has 0 spiro atoms. The van der Waals surface area contributed by atoms with Crippen molar-refractivity contribution < 1.29 is 9.84 Å². The van der Waals surface area contributed by atoms with Crippen molar-refractivity contribution >= 4 is 0 Å². The molecule has 2 nitrogen and oxygen atoms in total. The summed E-state index contributed by atoms with van der Waals surface area (Å²) in [7, 11) is 1.68. The molecule has 0 amide bonds. The summed E-state index contributed by atoms with van der Waals surface area (Å²) in [5.74, 6) is 1.82. The minimum atomic E-state index is 0.248. The van der Waals surface area contributed by atoms with Crippen LogP contribution in [0.5, 0.6) is 5.75 Å². The van der Waals surface area contributed by atoms with Crippen LogP contribution in [0.3, 0.4) is 0 Å². The van der Waals surface area contributed by atoms with Crippen molar-refractivity contribution in [2.24, 2.45) is 5.92 Å². The molecule has 1 N–H and O–H groups in total. The first-order chi connectivity index (χ1) is 7.85. The van der Waals surface area contributed by atoms with Crippen LogP contribution in [0.25, 0.3) is 0 Å². The highest BCUT2D eigenvalue weighted by Gasteiger charge is 2.25. The Morgan fingerprint density at radius 2 is 2.12 bits per heavy atom. The molecule has 0 aliphatic heterocycles. The normalized spacial score (nSPS) is 18.6. The lowest BCUT2D eigenvalue weighted by Gasteiger charge is -2.22. The number of ether oxygens (including phenoxy) is 1. The molecule has 0 heterocycles. The maximum atomic E-state index is 9.56. The number of hydrogen-bond acceptors (Lipinski definition) is 2. The smallest absolute Gasteiger partial charge is 0.119 e. The average Bonchev–Trinajstić information content (AvgIpc) is 2.84. The number of methoxy groups -OCH3 is 1. The number of aliphatic hydroxyl groups excluding tert-OH is 1. The van der Waals surface area contributed by atoms with Gasteiger partial charge in [-0.2, -0.15) is 0 Å². The Morgan fingerprint density at radius 1 is 1.38 bits per heavy atom. The van der Waals surface area contributed by atoms with Crippen LogP contribution < -0.4 is 4.74 Å². The van der Waals surface area contributed by atoms with E-state index in [4.69, 9.17) is 4.74 Å². The zero-order valence-corrected chi connectivity index (χ0v) is 9.86. The van der Waals surface area contributed by atoms with Crippen LogP contribution in [0, 0.1) is 5.92 Å². The molecule has 0 saturated heterocycles. The second-order valence-electron chi connectivity index (χ2n) is 4.61. The molecule has 1 saturated carbocycles. The SMILES string of the molecule is COc1cccc(C(CO)C2CCCC2)c1. The molecule has 0 bridgehead atoms. The Bertz CT molecular complexity index is 329. The zero-order chi connectivity index (χ0) is 11.4. The minimum absolute atomic E-state index is 0.248. The highest BCUT2D eigenvalue weighted by atomic mass is 16.5. The molecule has 0 radical (unpaired) electrons. The molecular weight excluding hydrogens is 200 g/mol. The first kappa shape index (κ1) is 11.5. The summed E-state index contributed by atoms with van der Waals surface area (Å²) >= 11 is 0. The van der Waals surface area contributed by atoms with Crippen LogP contribution in [-0.4, -0.2) is 18.8 Å². The van der Waals surface area contributed by atoms with Crippen LogP contribution in [0.4, 0.5) is 0 Å². The summed E-state index contributed by atoms with van der Waals surface area (Å²) in [4.78, 5) is 0. The van der Waals surface area contributed by atoms with E-state index >= 15 is 0 Å². The lowest BCUT2D eigenvalue weighted by atomic mass is 9.85. The van der Waals surface area contributed by atoms with E-state index in [2.05, 4.69) is 12.1 Å². The predicted octanol–water partition coefficient (Wildman–Crippen LogP) is 2.96. The van der Waals surface area contributed by atoms with Crippen LogP contribution in [0.2, 0.25) is 0 Å². The van der Waals surface area contributed by atoms with Gasteiger partial charge in [0.1, 0.15) is 5.75 Å². The first-order valence-corrected chi connectivity index (χ1v) is 6.10. The van der Waals surface area contributed by atoms with Crippen LogP contribution in [-0.2, 0) is 0 Å². The molecule has 1 fully saturated rings. The van der Waals surface area contributed by atoms with Crippen molar-refractivity contribution in [1.82, 2.24) is 0 Å². The molecule has 1 aliphatic carbocycles. The number of aliphatic hydroxyl groups is 1. The van der Waals surface area contributed by atoms with E-state index in [-0.39, 0.29) is 12.5 Å². The van der Waals surface area contributed by atoms with E-state index in [9.17, 15) is 5.11 Å². The second-order valence-corrected chi connectivity index (χ2v) is 4.61. The van der Waals surface area contributed by atoms with Gasteiger partial charge in [-0.3, -0.25) is 0 Å². The maximum Gasteiger partial charge on any atom is 0.119 e. The lowest BCUT2D eigenvalue weighted by molar-refractivity contribution is 0.225. The third-order valence-electron chi connectivity index (χ3n) is 3.69. The second kappa shape index (κ2) is 5.35. The van der Waals surface area contributed by atoms with Gasteiger partial charge in [0.25, 0.3) is 0 Å². The monoisotopic (exact) mass is 220 g/mol. The topological polar surface area (TPSA) is 29.5 Å². The van der Waals surface area contributed by atoms with Gasteiger partial charge in [-0.15, -0.1) is 0 Å². The van der Waals surface area contributed by atoms with Gasteiger partial charge < -0.3 is 9.84 Å². The highest BCUT2D eigenvalue weighted by molar-refractivity contribution is 5.31. The summed E-state index contributed by atoms with van der Waals surface area (Å²) in [5, 5.41) is 9.56. The van der Waals surface area contributed by atoms with E-state index in [0.717, 1.165) is 5.75 Å². The molecule has 1 atom stereocenters. The van der Waals surface area contributed by atoms with Crippen molar-refractivity contribution in [3.8, 4) is 5.75 Å². The van der Waals surface area contributed by atoms with Crippen molar-refractivity contribution in [1.29, 1.82) is 0 Å². The van der Waals surface area contributed by atoms with Crippen LogP contribution >= 0.6 is 0 Å². The Labute approximate surface area is 97.3 Å². The Balaban J connectivity index is 2.18. The molecule has 1 aromatic carbocycles. The fourth-order valence-corrected chi connectivity index (χ4v) is 2.76. The molecule has 0 aromatic heterocycles. The predicted molar refractivity (Wildman–Crippen MR) is 64.8 cm³/mol. The Morgan fingerprint density at radius 3 is 2.75 bits per heavy atom. The summed E-state index contributed by atoms with van der Waals surface area (Å²) in [5.41, 5.74) is 1.22. The first-order valence-electron chi connectivity index (χ1n) is 6.10. The fourth-order valence-electron chi connectivity index (χ4n) is 2.76. The molecule has 2 heteroatoms. The third kappa shape index (κ3) is 2.38. The average molecular weight is 220 g/mol. The van der Waals surface area contributed by atoms with Crippen molar-refractivity contribution in [2.45, 2.75) is 31.6 Å². The fraction of sp³-hybridized carbons (Fsp3) is 0.571. The Kier molecular flexibility index (Phi) is 3.83. The molecule has 88 valence electrons. The van der Waals surface area contributed by atoms with E-state index in [1.165, 1.54) is 31.2 Å². The van der Waals surface area contributed by atoms with Gasteiger partial charge in [0.2, 0.25) is 0 Å². The van der Waals surface area contributed by atoms with Gasteiger partial charge in [0, 0.05) is 5.92 Å². The van der Waals surface area contributed by atoms with Crippen molar-refractivity contribution in [2.75, 3.05) is 13.7 Å². The standard InChI is InChI=1S/C14H20O2/c1-16-13-8-4-7-12(9-13)14(10-15)11-5-2-3-6-11/h4,7-9,11,14-15H,2-3,5-6,10H2,1H3. The number of rotatable bonds is 4. The van der Waals surface area contributed by atoms with E-state index < -0.39 is 0 Å². The molecule has 2 rings (SSSR count). The summed E-state index contributed by atoms with van der Waals surface area (Å²) in [6.45, 7) is 0.248. The van der Waals surface area contributed by atoms with Gasteiger partial charge in [-0.05, 0) is 36.5 Å². The molecule has 16 heavy (non-hydrogen) atoms. The Hall–Kier alpha value is -1.02. The molecule has 1 unspecified atom stereocenters. The van der Waals surface area contributed by atoms with E-state index in [1.54, 1.807) is 7.11 Å². The van der Waals surface area contributed by atoms with Gasteiger partial charge in [0.05, 0.1) is 13.7 Å². The molecule has 1 aliphatic rings. The summed E-state index contributed by atoms with van der Waals surface area (Å²) in [6.07, 6.45) is 5.13. The highest BCUT2D eigenvalue weighted by Crippen LogP contribution is 2.37. The van der Waals surface area contributed by atoms with Crippen LogP contribution in [0.1, 0.15) is 37.2 Å². The lowest BCUT2D eigenvalue weighted by Crippen LogP contribution is -2.13. The van der Waals surface area contributed by atoms with Gasteiger partial charge in [-0.25, -0.2) is 0 Å². The zero-order valence-electron chi connectivity index (χ0n) is 9.86. The van der Waals surface area contributed by atoms with Crippen LogP contribution in [0.15, 0.2) is 24.3 Å². The third-order valence-corrected chi connectivity index (χ3v) is 3.69.